The fraction of sp³-hybridized carbons (Fsp3) is 0.889. The highest BCUT2D eigenvalue weighted by Gasteiger charge is 2.34. The number of aliphatic hydroxyl groups is 1. The van der Waals surface area contributed by atoms with Crippen molar-refractivity contribution in [3.63, 3.8) is 0 Å². The van der Waals surface area contributed by atoms with Crippen LogP contribution in [-0.2, 0) is 4.79 Å². The van der Waals surface area contributed by atoms with Crippen LogP contribution in [-0.4, -0.2) is 50.9 Å². The SMILES string of the molecule is CC(C)(Br)C(=O)N1CCSCC1CO. The monoisotopic (exact) mass is 281 g/mol. The number of nitrogens with zero attached hydrogens (tertiary/aromatic N) is 1. The van der Waals surface area contributed by atoms with Gasteiger partial charge < -0.3 is 10.0 Å². The molecule has 0 aromatic rings. The van der Waals surface area contributed by atoms with Crippen molar-refractivity contribution in [3.8, 4) is 0 Å². The number of carbonyl (C=O) groups is 1. The summed E-state index contributed by atoms with van der Waals surface area (Å²) in [5.74, 6) is 1.87. The molecule has 1 unspecified atom stereocenters. The zero-order valence-electron chi connectivity index (χ0n) is 8.49. The first-order chi connectivity index (χ1) is 6.46. The van der Waals surface area contributed by atoms with Crippen LogP contribution in [0.1, 0.15) is 13.8 Å². The van der Waals surface area contributed by atoms with Crippen LogP contribution in [0.4, 0.5) is 0 Å². The molecule has 0 aliphatic carbocycles. The maximum absolute atomic E-state index is 11.9. The maximum Gasteiger partial charge on any atom is 0.239 e. The van der Waals surface area contributed by atoms with Gasteiger partial charge in [-0.1, -0.05) is 15.9 Å². The standard InChI is InChI=1S/C9H16BrNO2S/c1-9(2,10)8(13)11-3-4-14-6-7(11)5-12/h7,12H,3-6H2,1-2H3. The van der Waals surface area contributed by atoms with E-state index in [1.807, 2.05) is 13.8 Å². The molecule has 1 fully saturated rings. The minimum atomic E-state index is -0.525. The highest BCUT2D eigenvalue weighted by Crippen LogP contribution is 2.24. The lowest BCUT2D eigenvalue weighted by atomic mass is 10.1. The molecule has 0 bridgehead atoms. The molecule has 1 heterocycles. The number of hydrogen-bond donors (Lipinski definition) is 1. The number of alkyl halides is 1. The van der Waals surface area contributed by atoms with Crippen molar-refractivity contribution in [3.05, 3.63) is 0 Å². The quantitative estimate of drug-likeness (QED) is 0.771. The van der Waals surface area contributed by atoms with Gasteiger partial charge in [-0.05, 0) is 13.8 Å². The Morgan fingerprint density at radius 3 is 2.86 bits per heavy atom. The fourth-order valence-electron chi connectivity index (χ4n) is 1.41. The van der Waals surface area contributed by atoms with Crippen LogP contribution in [0.5, 0.6) is 0 Å². The molecule has 5 heteroatoms. The smallest absolute Gasteiger partial charge is 0.239 e. The first-order valence-electron chi connectivity index (χ1n) is 4.65. The average Bonchev–Trinajstić information content (AvgIpc) is 2.15. The minimum Gasteiger partial charge on any atom is -0.394 e. The number of hydrogen-bond acceptors (Lipinski definition) is 3. The molecule has 3 nitrogen and oxygen atoms in total. The number of carbonyl (C=O) groups excluding carboxylic acids is 1. The number of thioether (sulfide) groups is 1. The van der Waals surface area contributed by atoms with Crippen LogP contribution in [0, 0.1) is 0 Å². The van der Waals surface area contributed by atoms with E-state index in [9.17, 15) is 4.79 Å². The van der Waals surface area contributed by atoms with Gasteiger partial charge >= 0.3 is 0 Å². The van der Waals surface area contributed by atoms with Gasteiger partial charge in [-0.3, -0.25) is 4.79 Å². The number of amides is 1. The molecule has 1 atom stereocenters. The van der Waals surface area contributed by atoms with Gasteiger partial charge in [0.1, 0.15) is 0 Å². The predicted molar refractivity (Wildman–Crippen MR) is 62.9 cm³/mol. The molecule has 82 valence electrons. The van der Waals surface area contributed by atoms with E-state index in [0.29, 0.717) is 0 Å². The average molecular weight is 282 g/mol. The normalized spacial score (nSPS) is 23.7. The predicted octanol–water partition coefficient (Wildman–Crippen LogP) is 1.10. The van der Waals surface area contributed by atoms with Crippen LogP contribution in [0.15, 0.2) is 0 Å². The van der Waals surface area contributed by atoms with Crippen molar-refractivity contribution in [2.75, 3.05) is 24.7 Å². The van der Waals surface area contributed by atoms with Crippen LogP contribution < -0.4 is 0 Å². The third-order valence-electron chi connectivity index (χ3n) is 2.21. The Kier molecular flexibility index (Phi) is 4.28. The summed E-state index contributed by atoms with van der Waals surface area (Å²) in [5, 5.41) is 9.15. The molecule has 1 N–H and O–H groups in total. The van der Waals surface area contributed by atoms with Gasteiger partial charge in [-0.25, -0.2) is 0 Å². The summed E-state index contributed by atoms with van der Waals surface area (Å²) in [6.45, 7) is 4.47. The highest BCUT2D eigenvalue weighted by atomic mass is 79.9. The van der Waals surface area contributed by atoms with E-state index < -0.39 is 4.32 Å². The molecule has 1 aliphatic rings. The van der Waals surface area contributed by atoms with Crippen LogP contribution in [0.3, 0.4) is 0 Å². The lowest BCUT2D eigenvalue weighted by molar-refractivity contribution is -0.135. The summed E-state index contributed by atoms with van der Waals surface area (Å²) in [7, 11) is 0. The van der Waals surface area contributed by atoms with E-state index in [1.54, 1.807) is 16.7 Å². The molecule has 0 spiro atoms. The molecule has 1 rings (SSSR count). The fourth-order valence-corrected chi connectivity index (χ4v) is 2.69. The minimum absolute atomic E-state index is 0.0157. The molecule has 1 aliphatic heterocycles. The molecular formula is C9H16BrNO2S. The second kappa shape index (κ2) is 4.86. The Hall–Kier alpha value is 0.260. The van der Waals surface area contributed by atoms with Crippen molar-refractivity contribution in [1.29, 1.82) is 0 Å². The summed E-state index contributed by atoms with van der Waals surface area (Å²) in [6.07, 6.45) is 0. The van der Waals surface area contributed by atoms with Crippen molar-refractivity contribution in [1.82, 2.24) is 4.90 Å². The molecule has 0 saturated carbocycles. The van der Waals surface area contributed by atoms with Gasteiger partial charge in [0.05, 0.1) is 17.0 Å². The molecule has 14 heavy (non-hydrogen) atoms. The van der Waals surface area contributed by atoms with E-state index in [0.717, 1.165) is 18.1 Å². The zero-order chi connectivity index (χ0) is 10.8. The molecule has 0 radical (unpaired) electrons. The van der Waals surface area contributed by atoms with Gasteiger partial charge in [-0.15, -0.1) is 0 Å². The zero-order valence-corrected chi connectivity index (χ0v) is 10.9. The van der Waals surface area contributed by atoms with Crippen LogP contribution >= 0.6 is 27.7 Å². The number of halogens is 1. The lowest BCUT2D eigenvalue weighted by Crippen LogP contribution is -2.52. The Bertz CT molecular complexity index is 217. The van der Waals surface area contributed by atoms with Crippen molar-refractivity contribution >= 4 is 33.6 Å². The Morgan fingerprint density at radius 1 is 1.71 bits per heavy atom. The summed E-state index contributed by atoms with van der Waals surface area (Å²) >= 11 is 5.15. The van der Waals surface area contributed by atoms with E-state index in [1.165, 1.54) is 0 Å². The van der Waals surface area contributed by atoms with E-state index in [-0.39, 0.29) is 18.6 Å². The van der Waals surface area contributed by atoms with Crippen molar-refractivity contribution < 1.29 is 9.90 Å². The van der Waals surface area contributed by atoms with Crippen molar-refractivity contribution in [2.24, 2.45) is 0 Å². The maximum atomic E-state index is 11.9. The molecular weight excluding hydrogens is 266 g/mol. The molecule has 1 amide bonds. The highest BCUT2D eigenvalue weighted by molar-refractivity contribution is 9.10. The Balaban J connectivity index is 2.69. The second-order valence-electron chi connectivity index (χ2n) is 3.88. The van der Waals surface area contributed by atoms with Crippen LogP contribution in [0.25, 0.3) is 0 Å². The number of rotatable bonds is 2. The number of aliphatic hydroxyl groups excluding tert-OH is 1. The lowest BCUT2D eigenvalue weighted by Gasteiger charge is -2.37. The van der Waals surface area contributed by atoms with E-state index >= 15 is 0 Å². The van der Waals surface area contributed by atoms with Crippen LogP contribution in [0.2, 0.25) is 0 Å². The first-order valence-corrected chi connectivity index (χ1v) is 6.60. The van der Waals surface area contributed by atoms with Gasteiger partial charge in [-0.2, -0.15) is 11.8 Å². The summed E-state index contributed by atoms with van der Waals surface area (Å²) in [6, 6.07) is -0.0157. The summed E-state index contributed by atoms with van der Waals surface area (Å²) in [5.41, 5.74) is 0. The summed E-state index contributed by atoms with van der Waals surface area (Å²) in [4.78, 5) is 13.7. The molecule has 0 aromatic heterocycles. The van der Waals surface area contributed by atoms with E-state index in [2.05, 4.69) is 15.9 Å². The van der Waals surface area contributed by atoms with E-state index in [4.69, 9.17) is 5.11 Å². The second-order valence-corrected chi connectivity index (χ2v) is 7.01. The van der Waals surface area contributed by atoms with Gasteiger partial charge in [0, 0.05) is 18.1 Å². The van der Waals surface area contributed by atoms with Gasteiger partial charge in [0.25, 0.3) is 0 Å². The third-order valence-corrected chi connectivity index (χ3v) is 3.64. The van der Waals surface area contributed by atoms with Gasteiger partial charge in [0.2, 0.25) is 5.91 Å². The van der Waals surface area contributed by atoms with Crippen molar-refractivity contribution in [2.45, 2.75) is 24.2 Å². The third kappa shape index (κ3) is 2.87. The first kappa shape index (κ1) is 12.3. The Morgan fingerprint density at radius 2 is 2.36 bits per heavy atom. The summed E-state index contributed by atoms with van der Waals surface area (Å²) < 4.78 is -0.525. The largest absolute Gasteiger partial charge is 0.394 e. The molecule has 1 saturated heterocycles. The molecule has 0 aromatic carbocycles. The van der Waals surface area contributed by atoms with Gasteiger partial charge in [0.15, 0.2) is 0 Å². The topological polar surface area (TPSA) is 40.5 Å². The Labute approximate surface area is 97.4 Å².